The highest BCUT2D eigenvalue weighted by atomic mass is 16.7. The van der Waals surface area contributed by atoms with Gasteiger partial charge in [0.05, 0.1) is 0 Å². The van der Waals surface area contributed by atoms with E-state index in [0.717, 1.165) is 38.6 Å². The molecule has 0 amide bonds. The minimum absolute atomic E-state index is 0.399. The highest BCUT2D eigenvalue weighted by Crippen LogP contribution is 2.34. The first kappa shape index (κ1) is 17.4. The Balaban J connectivity index is 1.50. The van der Waals surface area contributed by atoms with E-state index in [1.165, 1.54) is 0 Å². The second-order valence-electron chi connectivity index (χ2n) is 7.10. The van der Waals surface area contributed by atoms with Gasteiger partial charge in [-0.05, 0) is 25.0 Å². The second-order valence-corrected chi connectivity index (χ2v) is 7.10. The number of aryl methyl sites for hydroxylation is 2. The molecule has 29 heavy (non-hydrogen) atoms. The minimum atomic E-state index is -0.710. The van der Waals surface area contributed by atoms with Gasteiger partial charge in [0.1, 0.15) is 11.2 Å². The average Bonchev–Trinajstić information content (AvgIpc) is 3.33. The van der Waals surface area contributed by atoms with Crippen LogP contribution in [0, 0.1) is 13.8 Å². The Labute approximate surface area is 168 Å². The molecule has 0 saturated heterocycles. The summed E-state index contributed by atoms with van der Waals surface area (Å²) in [6.07, 6.45) is -0.710. The standard InChI is InChI=1S/C25H20O4/c1-16-8-6-12-19-14-21(26-23(16)19)28-25(18-10-4-3-5-11-18)29-22-15-20-13-7-9-17(2)24(20)27-22/h3-15,25H,1-2H3. The third-order valence-electron chi connectivity index (χ3n) is 4.95. The quantitative estimate of drug-likeness (QED) is 0.308. The van der Waals surface area contributed by atoms with E-state index >= 15 is 0 Å². The summed E-state index contributed by atoms with van der Waals surface area (Å²) in [7, 11) is 0. The van der Waals surface area contributed by atoms with Gasteiger partial charge in [0.25, 0.3) is 18.2 Å². The van der Waals surface area contributed by atoms with Crippen molar-refractivity contribution in [3.63, 3.8) is 0 Å². The van der Waals surface area contributed by atoms with Gasteiger partial charge in [0.2, 0.25) is 0 Å². The zero-order chi connectivity index (χ0) is 19.8. The predicted molar refractivity (Wildman–Crippen MR) is 112 cm³/mol. The van der Waals surface area contributed by atoms with Crippen LogP contribution in [-0.4, -0.2) is 0 Å². The maximum absolute atomic E-state index is 6.12. The third-order valence-corrected chi connectivity index (χ3v) is 4.95. The Morgan fingerprint density at radius 1 is 0.621 bits per heavy atom. The number of hydrogen-bond donors (Lipinski definition) is 0. The zero-order valence-electron chi connectivity index (χ0n) is 16.2. The van der Waals surface area contributed by atoms with Crippen molar-refractivity contribution in [1.82, 2.24) is 0 Å². The summed E-state index contributed by atoms with van der Waals surface area (Å²) in [4.78, 5) is 0. The SMILES string of the molecule is Cc1cccc2cc(OC(Oc3cc4cccc(C)c4o3)c3ccccc3)oc12. The predicted octanol–water partition coefficient (Wildman–Crippen LogP) is 6.95. The summed E-state index contributed by atoms with van der Waals surface area (Å²) in [6.45, 7) is 4.02. The number of furan rings is 2. The molecule has 0 spiro atoms. The highest BCUT2D eigenvalue weighted by molar-refractivity contribution is 5.82. The van der Waals surface area contributed by atoms with Crippen molar-refractivity contribution in [2.75, 3.05) is 0 Å². The van der Waals surface area contributed by atoms with Gasteiger partial charge in [0.15, 0.2) is 0 Å². The first-order valence-electron chi connectivity index (χ1n) is 9.54. The number of ether oxygens (including phenoxy) is 2. The molecule has 4 nitrogen and oxygen atoms in total. The number of benzene rings is 3. The van der Waals surface area contributed by atoms with Gasteiger partial charge in [-0.2, -0.15) is 0 Å². The van der Waals surface area contributed by atoms with Crippen LogP contribution in [0.3, 0.4) is 0 Å². The molecular weight excluding hydrogens is 364 g/mol. The van der Waals surface area contributed by atoms with E-state index in [2.05, 4.69) is 0 Å². The third kappa shape index (κ3) is 3.34. The molecule has 0 bridgehead atoms. The summed E-state index contributed by atoms with van der Waals surface area (Å²) < 4.78 is 24.1. The van der Waals surface area contributed by atoms with Crippen molar-refractivity contribution >= 4 is 21.9 Å². The van der Waals surface area contributed by atoms with E-state index in [4.69, 9.17) is 18.3 Å². The number of hydrogen-bond acceptors (Lipinski definition) is 4. The van der Waals surface area contributed by atoms with Crippen LogP contribution in [0.1, 0.15) is 23.0 Å². The van der Waals surface area contributed by atoms with E-state index in [-0.39, 0.29) is 0 Å². The molecule has 0 atom stereocenters. The highest BCUT2D eigenvalue weighted by Gasteiger charge is 2.20. The van der Waals surface area contributed by atoms with Gasteiger partial charge in [-0.25, -0.2) is 0 Å². The first-order chi connectivity index (χ1) is 14.2. The average molecular weight is 384 g/mol. The van der Waals surface area contributed by atoms with Crippen molar-refractivity contribution in [3.05, 3.63) is 95.6 Å². The van der Waals surface area contributed by atoms with E-state index < -0.39 is 6.29 Å². The van der Waals surface area contributed by atoms with Crippen LogP contribution in [0.25, 0.3) is 21.9 Å². The van der Waals surface area contributed by atoms with E-state index in [9.17, 15) is 0 Å². The van der Waals surface area contributed by atoms with Gasteiger partial charge < -0.3 is 18.3 Å². The van der Waals surface area contributed by atoms with Gasteiger partial charge in [0, 0.05) is 28.5 Å². The fraction of sp³-hybridized carbons (Fsp3) is 0.120. The maximum Gasteiger partial charge on any atom is 0.288 e. The fourth-order valence-corrected chi connectivity index (χ4v) is 3.47. The van der Waals surface area contributed by atoms with E-state index in [0.29, 0.717) is 11.9 Å². The van der Waals surface area contributed by atoms with Gasteiger partial charge in [-0.15, -0.1) is 0 Å². The fourth-order valence-electron chi connectivity index (χ4n) is 3.47. The second kappa shape index (κ2) is 7.06. The smallest absolute Gasteiger partial charge is 0.288 e. The van der Waals surface area contributed by atoms with Crippen molar-refractivity contribution in [3.8, 4) is 11.9 Å². The van der Waals surface area contributed by atoms with Crippen LogP contribution in [0.15, 0.2) is 87.7 Å². The molecule has 144 valence electrons. The molecule has 0 aliphatic rings. The Morgan fingerprint density at radius 3 is 1.62 bits per heavy atom. The van der Waals surface area contributed by atoms with Crippen molar-refractivity contribution < 1.29 is 18.3 Å². The lowest BCUT2D eigenvalue weighted by Crippen LogP contribution is -2.14. The Hall–Kier alpha value is -3.66. The molecule has 0 radical (unpaired) electrons. The lowest BCUT2D eigenvalue weighted by Gasteiger charge is -2.17. The molecule has 3 aromatic carbocycles. The Morgan fingerprint density at radius 2 is 1.14 bits per heavy atom. The number of rotatable bonds is 5. The zero-order valence-corrected chi connectivity index (χ0v) is 16.2. The van der Waals surface area contributed by atoms with Crippen molar-refractivity contribution in [1.29, 1.82) is 0 Å². The topological polar surface area (TPSA) is 44.7 Å². The van der Waals surface area contributed by atoms with Gasteiger partial charge >= 0.3 is 0 Å². The van der Waals surface area contributed by atoms with Crippen molar-refractivity contribution in [2.24, 2.45) is 0 Å². The monoisotopic (exact) mass is 384 g/mol. The minimum Gasteiger partial charge on any atom is -0.425 e. The summed E-state index contributed by atoms with van der Waals surface area (Å²) in [6, 6.07) is 25.5. The molecule has 0 unspecified atom stereocenters. The summed E-state index contributed by atoms with van der Waals surface area (Å²) >= 11 is 0. The van der Waals surface area contributed by atoms with Crippen LogP contribution >= 0.6 is 0 Å². The summed E-state index contributed by atoms with van der Waals surface area (Å²) in [5.41, 5.74) is 4.61. The first-order valence-corrected chi connectivity index (χ1v) is 9.54. The molecule has 0 N–H and O–H groups in total. The molecule has 4 heteroatoms. The molecule has 2 aromatic heterocycles. The van der Waals surface area contributed by atoms with Crippen LogP contribution < -0.4 is 9.47 Å². The lowest BCUT2D eigenvalue weighted by molar-refractivity contribution is -0.0264. The number of fused-ring (bicyclic) bond motifs is 2. The largest absolute Gasteiger partial charge is 0.425 e. The van der Waals surface area contributed by atoms with Gasteiger partial charge in [-0.3, -0.25) is 0 Å². The molecule has 0 saturated carbocycles. The number of para-hydroxylation sites is 2. The summed E-state index contributed by atoms with van der Waals surface area (Å²) in [5, 5.41) is 1.98. The van der Waals surface area contributed by atoms with Crippen molar-refractivity contribution in [2.45, 2.75) is 20.1 Å². The van der Waals surface area contributed by atoms with Gasteiger partial charge in [-0.1, -0.05) is 66.7 Å². The molecular formula is C25H20O4. The molecule has 0 aliphatic carbocycles. The Bertz CT molecular complexity index is 1200. The van der Waals surface area contributed by atoms with Crippen LogP contribution in [0.4, 0.5) is 0 Å². The molecule has 2 heterocycles. The summed E-state index contributed by atoms with van der Waals surface area (Å²) in [5.74, 6) is 0.797. The normalized spacial score (nSPS) is 11.4. The lowest BCUT2D eigenvalue weighted by atomic mass is 10.2. The van der Waals surface area contributed by atoms with E-state index in [1.54, 1.807) is 0 Å². The Kier molecular flexibility index (Phi) is 4.24. The van der Waals surface area contributed by atoms with Crippen LogP contribution in [0.2, 0.25) is 0 Å². The molecule has 5 aromatic rings. The maximum atomic E-state index is 6.12. The van der Waals surface area contributed by atoms with E-state index in [1.807, 2.05) is 92.7 Å². The van der Waals surface area contributed by atoms with Crippen LogP contribution in [0.5, 0.6) is 11.9 Å². The molecule has 0 aliphatic heterocycles. The molecule has 0 fully saturated rings. The van der Waals surface area contributed by atoms with Crippen LogP contribution in [-0.2, 0) is 0 Å². The molecule has 5 rings (SSSR count).